The Labute approximate surface area is 212 Å². The van der Waals surface area contributed by atoms with E-state index in [1.165, 1.54) is 5.56 Å². The minimum atomic E-state index is -0.428. The first-order valence-electron chi connectivity index (χ1n) is 12.6. The molecule has 1 fully saturated rings. The van der Waals surface area contributed by atoms with Crippen LogP contribution in [-0.2, 0) is 10.2 Å². The summed E-state index contributed by atoms with van der Waals surface area (Å²) in [5, 5.41) is 23.6. The molecule has 3 aromatic carbocycles. The van der Waals surface area contributed by atoms with E-state index in [9.17, 15) is 10.4 Å². The number of nitrogens with one attached hydrogen (secondary N) is 1. The fourth-order valence-electron chi connectivity index (χ4n) is 6.41. The smallest absolute Gasteiger partial charge is 0.132 e. The van der Waals surface area contributed by atoms with Crippen LogP contribution in [0.3, 0.4) is 0 Å². The van der Waals surface area contributed by atoms with Crippen LogP contribution in [0.1, 0.15) is 60.9 Å². The summed E-state index contributed by atoms with van der Waals surface area (Å²) in [5.41, 5.74) is 7.07. The van der Waals surface area contributed by atoms with Gasteiger partial charge in [-0.1, -0.05) is 67.0 Å². The summed E-state index contributed by atoms with van der Waals surface area (Å²) in [5.74, 6) is 2.15. The van der Waals surface area contributed by atoms with Crippen LogP contribution >= 0.6 is 0 Å². The van der Waals surface area contributed by atoms with Crippen molar-refractivity contribution in [1.82, 2.24) is 5.48 Å². The minimum absolute atomic E-state index is 0.0525. The Kier molecular flexibility index (Phi) is 7.10. The summed E-state index contributed by atoms with van der Waals surface area (Å²) < 4.78 is 12.0. The van der Waals surface area contributed by atoms with Gasteiger partial charge in [-0.15, -0.1) is 0 Å². The van der Waals surface area contributed by atoms with Gasteiger partial charge < -0.3 is 19.9 Å². The Hall–Kier alpha value is -3.19. The van der Waals surface area contributed by atoms with E-state index < -0.39 is 6.04 Å². The van der Waals surface area contributed by atoms with E-state index in [1.54, 1.807) is 7.11 Å². The minimum Gasteiger partial charge on any atom is -0.457 e. The maximum atomic E-state index is 10.0. The van der Waals surface area contributed by atoms with E-state index in [0.717, 1.165) is 53.8 Å². The van der Waals surface area contributed by atoms with E-state index >= 15 is 0 Å². The number of fused-ring (bicyclic) bond motifs is 3. The number of oxime groups is 1. The second kappa shape index (κ2) is 10.4. The SMILES string of the molecule is COC[C@H]1CCC[C@]2(C)c3cc(Oc4ccccc4C(NO)c4ccccc4)ccc3/C(=N/O)CC12. The van der Waals surface area contributed by atoms with E-state index in [4.69, 9.17) is 9.47 Å². The quantitative estimate of drug-likeness (QED) is 0.264. The molecule has 2 aliphatic carbocycles. The first-order valence-corrected chi connectivity index (χ1v) is 12.6. The average molecular weight is 487 g/mol. The van der Waals surface area contributed by atoms with Gasteiger partial charge in [0.25, 0.3) is 0 Å². The van der Waals surface area contributed by atoms with Crippen LogP contribution in [0.4, 0.5) is 0 Å². The zero-order chi connectivity index (χ0) is 25.1. The molecule has 6 heteroatoms. The van der Waals surface area contributed by atoms with Gasteiger partial charge in [-0.2, -0.15) is 5.48 Å². The van der Waals surface area contributed by atoms with Crippen LogP contribution in [0.5, 0.6) is 11.5 Å². The van der Waals surface area contributed by atoms with E-state index in [0.29, 0.717) is 24.2 Å². The first-order chi connectivity index (χ1) is 17.6. The predicted octanol–water partition coefficient (Wildman–Crippen LogP) is 6.45. The van der Waals surface area contributed by atoms with E-state index in [-0.39, 0.29) is 5.41 Å². The highest BCUT2D eigenvalue weighted by Crippen LogP contribution is 2.53. The van der Waals surface area contributed by atoms with Crippen LogP contribution < -0.4 is 10.2 Å². The molecule has 0 radical (unpaired) electrons. The summed E-state index contributed by atoms with van der Waals surface area (Å²) in [6, 6.07) is 23.2. The summed E-state index contributed by atoms with van der Waals surface area (Å²) >= 11 is 0. The highest BCUT2D eigenvalue weighted by Gasteiger charge is 2.48. The number of para-hydroxylation sites is 1. The number of hydroxylamine groups is 1. The molecule has 0 amide bonds. The molecular weight excluding hydrogens is 452 g/mol. The van der Waals surface area contributed by atoms with Gasteiger partial charge in [0, 0.05) is 24.8 Å². The van der Waals surface area contributed by atoms with Gasteiger partial charge in [0.15, 0.2) is 0 Å². The van der Waals surface area contributed by atoms with Crippen molar-refractivity contribution in [1.29, 1.82) is 0 Å². The second-order valence-electron chi connectivity index (χ2n) is 10.2. The third-order valence-electron chi connectivity index (χ3n) is 8.21. The molecule has 6 nitrogen and oxygen atoms in total. The fourth-order valence-corrected chi connectivity index (χ4v) is 6.41. The monoisotopic (exact) mass is 486 g/mol. The van der Waals surface area contributed by atoms with Gasteiger partial charge >= 0.3 is 0 Å². The molecule has 1 saturated carbocycles. The zero-order valence-corrected chi connectivity index (χ0v) is 20.9. The summed E-state index contributed by atoms with van der Waals surface area (Å²) in [6.07, 6.45) is 4.09. The lowest BCUT2D eigenvalue weighted by Crippen LogP contribution is -2.47. The molecule has 2 unspecified atom stereocenters. The molecule has 3 aromatic rings. The molecular formula is C30H34N2O4. The summed E-state index contributed by atoms with van der Waals surface area (Å²) in [4.78, 5) is 0. The highest BCUT2D eigenvalue weighted by atomic mass is 16.5. The van der Waals surface area contributed by atoms with Crippen molar-refractivity contribution < 1.29 is 19.9 Å². The number of ether oxygens (including phenoxy) is 2. The standard InChI is InChI=1S/C30H34N2O4/c1-30-16-8-11-21(19-35-2)25(30)18-27(31-33)23-15-14-22(17-26(23)30)36-28-13-7-6-12-24(28)29(32-34)20-9-4-3-5-10-20/h3-7,9-10,12-15,17,21,25,29,32-34H,8,11,16,18-19H2,1-2H3/b31-27+/t21-,25?,29?,30+/m1/s1. The second-order valence-corrected chi connectivity index (χ2v) is 10.2. The van der Waals surface area contributed by atoms with Crippen molar-refractivity contribution in [2.24, 2.45) is 17.0 Å². The van der Waals surface area contributed by atoms with Gasteiger partial charge in [-0.3, -0.25) is 0 Å². The molecule has 0 aromatic heterocycles. The Bertz CT molecular complexity index is 1230. The average Bonchev–Trinajstić information content (AvgIpc) is 2.91. The fraction of sp³-hybridized carbons (Fsp3) is 0.367. The topological polar surface area (TPSA) is 83.3 Å². The molecule has 2 aliphatic rings. The van der Waals surface area contributed by atoms with Crippen molar-refractivity contribution >= 4 is 5.71 Å². The Morgan fingerprint density at radius 3 is 2.61 bits per heavy atom. The van der Waals surface area contributed by atoms with Crippen LogP contribution in [-0.4, -0.2) is 29.8 Å². The number of hydrogen-bond acceptors (Lipinski definition) is 6. The number of hydrogen-bond donors (Lipinski definition) is 3. The third kappa shape index (κ3) is 4.41. The van der Waals surface area contributed by atoms with Gasteiger partial charge in [0.1, 0.15) is 11.5 Å². The lowest BCUT2D eigenvalue weighted by atomic mass is 9.54. The van der Waals surface area contributed by atoms with Crippen LogP contribution in [0, 0.1) is 11.8 Å². The lowest BCUT2D eigenvalue weighted by Gasteiger charge is -2.50. The highest BCUT2D eigenvalue weighted by molar-refractivity contribution is 6.03. The molecule has 5 rings (SSSR count). The van der Waals surface area contributed by atoms with Crippen molar-refractivity contribution in [2.45, 2.75) is 44.1 Å². The van der Waals surface area contributed by atoms with Crippen molar-refractivity contribution in [2.75, 3.05) is 13.7 Å². The van der Waals surface area contributed by atoms with Crippen molar-refractivity contribution in [3.63, 3.8) is 0 Å². The molecule has 0 bridgehead atoms. The Balaban J connectivity index is 1.52. The molecule has 0 saturated heterocycles. The lowest BCUT2D eigenvalue weighted by molar-refractivity contribution is 0.0516. The van der Waals surface area contributed by atoms with E-state index in [1.807, 2.05) is 66.7 Å². The molecule has 0 spiro atoms. The summed E-state index contributed by atoms with van der Waals surface area (Å²) in [6.45, 7) is 3.05. The van der Waals surface area contributed by atoms with Gasteiger partial charge in [0.2, 0.25) is 0 Å². The molecule has 188 valence electrons. The normalized spacial score (nSPS) is 25.1. The largest absolute Gasteiger partial charge is 0.457 e. The maximum absolute atomic E-state index is 10.0. The van der Waals surface area contributed by atoms with E-state index in [2.05, 4.69) is 23.6 Å². The van der Waals surface area contributed by atoms with Crippen molar-refractivity contribution in [3.05, 3.63) is 95.1 Å². The summed E-state index contributed by atoms with van der Waals surface area (Å²) in [7, 11) is 1.76. The first kappa shape index (κ1) is 24.5. The van der Waals surface area contributed by atoms with Gasteiger partial charge in [-0.05, 0) is 71.9 Å². The Morgan fingerprint density at radius 2 is 1.86 bits per heavy atom. The molecule has 4 atom stereocenters. The number of benzene rings is 3. The number of nitrogens with zero attached hydrogens (tertiary/aromatic N) is 1. The van der Waals surface area contributed by atoms with Crippen LogP contribution in [0.2, 0.25) is 0 Å². The van der Waals surface area contributed by atoms with Crippen LogP contribution in [0.25, 0.3) is 0 Å². The molecule has 0 heterocycles. The maximum Gasteiger partial charge on any atom is 0.132 e. The third-order valence-corrected chi connectivity index (χ3v) is 8.21. The predicted molar refractivity (Wildman–Crippen MR) is 139 cm³/mol. The van der Waals surface area contributed by atoms with Crippen LogP contribution in [0.15, 0.2) is 78.0 Å². The van der Waals surface area contributed by atoms with Gasteiger partial charge in [-0.25, -0.2) is 0 Å². The molecule has 0 aliphatic heterocycles. The van der Waals surface area contributed by atoms with Crippen molar-refractivity contribution in [3.8, 4) is 11.5 Å². The van der Waals surface area contributed by atoms with Gasteiger partial charge in [0.05, 0.1) is 11.8 Å². The molecule has 3 N–H and O–H groups in total. The zero-order valence-electron chi connectivity index (χ0n) is 20.9. The number of methoxy groups -OCH3 is 1. The number of rotatable bonds is 7. The Morgan fingerprint density at radius 1 is 1.08 bits per heavy atom. The molecule has 36 heavy (non-hydrogen) atoms.